The summed E-state index contributed by atoms with van der Waals surface area (Å²) in [5.41, 5.74) is 2.26. The second kappa shape index (κ2) is 6.35. The fourth-order valence-electron chi connectivity index (χ4n) is 1.81. The van der Waals surface area contributed by atoms with Gasteiger partial charge in [-0.1, -0.05) is 12.1 Å². The van der Waals surface area contributed by atoms with Gasteiger partial charge in [-0.25, -0.2) is 8.78 Å². The molecule has 2 N–H and O–H groups in total. The van der Waals surface area contributed by atoms with Crippen LogP contribution < -0.4 is 10.6 Å². The van der Waals surface area contributed by atoms with Crippen LogP contribution in [0.5, 0.6) is 0 Å². The minimum absolute atomic E-state index is 0.0293. The zero-order valence-corrected chi connectivity index (χ0v) is 11.8. The molecule has 1 amide bonds. The maximum atomic E-state index is 13.4. The number of halogens is 2. The number of aryl methyl sites for hydroxylation is 2. The van der Waals surface area contributed by atoms with E-state index in [0.29, 0.717) is 16.9 Å². The molecule has 0 heterocycles. The highest BCUT2D eigenvalue weighted by Gasteiger charge is 2.06. The van der Waals surface area contributed by atoms with Gasteiger partial charge in [-0.3, -0.25) is 4.79 Å². The highest BCUT2D eigenvalue weighted by molar-refractivity contribution is 5.94. The summed E-state index contributed by atoms with van der Waals surface area (Å²) in [6.07, 6.45) is 0. The highest BCUT2D eigenvalue weighted by Crippen LogP contribution is 2.16. The molecule has 2 aromatic rings. The van der Waals surface area contributed by atoms with Crippen LogP contribution in [-0.4, -0.2) is 12.5 Å². The van der Waals surface area contributed by atoms with Crippen molar-refractivity contribution in [2.24, 2.45) is 0 Å². The van der Waals surface area contributed by atoms with E-state index in [2.05, 4.69) is 10.6 Å². The molecule has 2 aromatic carbocycles. The molecule has 0 spiro atoms. The Morgan fingerprint density at radius 2 is 1.76 bits per heavy atom. The minimum Gasteiger partial charge on any atom is -0.376 e. The second-order valence-corrected chi connectivity index (χ2v) is 4.82. The smallest absolute Gasteiger partial charge is 0.243 e. The Morgan fingerprint density at radius 1 is 1.05 bits per heavy atom. The molecule has 0 aromatic heterocycles. The van der Waals surface area contributed by atoms with Crippen LogP contribution >= 0.6 is 0 Å². The molecule has 5 heteroatoms. The summed E-state index contributed by atoms with van der Waals surface area (Å²) in [7, 11) is 0. The van der Waals surface area contributed by atoms with E-state index in [4.69, 9.17) is 0 Å². The van der Waals surface area contributed by atoms with Crippen LogP contribution in [-0.2, 0) is 4.79 Å². The third kappa shape index (κ3) is 4.02. The fraction of sp³-hybridized carbons (Fsp3) is 0.188. The number of hydrogen-bond acceptors (Lipinski definition) is 2. The van der Waals surface area contributed by atoms with Gasteiger partial charge in [-0.05, 0) is 49.2 Å². The van der Waals surface area contributed by atoms with Crippen molar-refractivity contribution in [2.45, 2.75) is 13.8 Å². The zero-order chi connectivity index (χ0) is 15.4. The van der Waals surface area contributed by atoms with Crippen molar-refractivity contribution in [1.82, 2.24) is 0 Å². The van der Waals surface area contributed by atoms with Crippen LogP contribution in [0.4, 0.5) is 20.2 Å². The number of hydrogen-bond donors (Lipinski definition) is 2. The Hall–Kier alpha value is -2.43. The summed E-state index contributed by atoms with van der Waals surface area (Å²) < 4.78 is 26.5. The molecule has 3 nitrogen and oxygen atoms in total. The second-order valence-electron chi connectivity index (χ2n) is 4.82. The summed E-state index contributed by atoms with van der Waals surface area (Å²) in [5.74, 6) is -1.07. The summed E-state index contributed by atoms with van der Waals surface area (Å²) in [6, 6.07) is 8.84. The highest BCUT2D eigenvalue weighted by atomic mass is 19.1. The number of benzene rings is 2. The van der Waals surface area contributed by atoms with Gasteiger partial charge in [0, 0.05) is 11.4 Å². The lowest BCUT2D eigenvalue weighted by Crippen LogP contribution is -2.22. The first-order valence-corrected chi connectivity index (χ1v) is 6.52. The van der Waals surface area contributed by atoms with Crippen molar-refractivity contribution in [3.63, 3.8) is 0 Å². The molecule has 110 valence electrons. The molecule has 21 heavy (non-hydrogen) atoms. The van der Waals surface area contributed by atoms with Gasteiger partial charge in [-0.2, -0.15) is 0 Å². The molecule has 0 aliphatic heterocycles. The molecule has 0 aliphatic carbocycles. The maximum absolute atomic E-state index is 13.4. The molecule has 0 bridgehead atoms. The molecule has 0 saturated heterocycles. The summed E-state index contributed by atoms with van der Waals surface area (Å²) in [4.78, 5) is 11.8. The maximum Gasteiger partial charge on any atom is 0.243 e. The van der Waals surface area contributed by atoms with Crippen molar-refractivity contribution < 1.29 is 13.6 Å². The molecular formula is C16H16F2N2O. The van der Waals surface area contributed by atoms with Gasteiger partial charge in [-0.15, -0.1) is 0 Å². The number of carbonyl (C=O) groups is 1. The molecule has 2 rings (SSSR count). The predicted octanol–water partition coefficient (Wildman–Crippen LogP) is 3.63. The van der Waals surface area contributed by atoms with Crippen LogP contribution in [0, 0.1) is 25.5 Å². The van der Waals surface area contributed by atoms with E-state index in [9.17, 15) is 13.6 Å². The Bertz CT molecular complexity index is 671. The molecule has 0 fully saturated rings. The van der Waals surface area contributed by atoms with E-state index in [1.54, 1.807) is 32.0 Å². The average Bonchev–Trinajstić information content (AvgIpc) is 2.44. The molecule has 0 unspecified atom stereocenters. The lowest BCUT2D eigenvalue weighted by Gasteiger charge is -2.10. The van der Waals surface area contributed by atoms with Crippen LogP contribution in [0.2, 0.25) is 0 Å². The van der Waals surface area contributed by atoms with Gasteiger partial charge < -0.3 is 10.6 Å². The fourth-order valence-corrected chi connectivity index (χ4v) is 1.81. The molecule has 0 aliphatic rings. The zero-order valence-electron chi connectivity index (χ0n) is 11.8. The number of nitrogens with one attached hydrogen (secondary N) is 2. The summed E-state index contributed by atoms with van der Waals surface area (Å²) in [5, 5.41) is 5.43. The Balaban J connectivity index is 1.95. The number of anilines is 2. The van der Waals surface area contributed by atoms with Crippen molar-refractivity contribution in [1.29, 1.82) is 0 Å². The van der Waals surface area contributed by atoms with E-state index in [1.807, 2.05) is 0 Å². The van der Waals surface area contributed by atoms with Gasteiger partial charge >= 0.3 is 0 Å². The number of rotatable bonds is 4. The topological polar surface area (TPSA) is 41.1 Å². The van der Waals surface area contributed by atoms with Gasteiger partial charge in [0.15, 0.2) is 0 Å². The molecule has 0 radical (unpaired) electrons. The van der Waals surface area contributed by atoms with Crippen LogP contribution in [0.15, 0.2) is 36.4 Å². The van der Waals surface area contributed by atoms with Crippen LogP contribution in [0.1, 0.15) is 11.1 Å². The van der Waals surface area contributed by atoms with Crippen LogP contribution in [0.25, 0.3) is 0 Å². The predicted molar refractivity (Wildman–Crippen MR) is 79.4 cm³/mol. The standard InChI is InChI=1S/C16H16F2N2O/c1-10-4-6-13(8-14(10)18)19-9-16(21)20-15-7-12(17)5-3-11(15)2/h3-8,19H,9H2,1-2H3,(H,20,21). The third-order valence-electron chi connectivity index (χ3n) is 3.10. The largest absolute Gasteiger partial charge is 0.376 e. The number of carbonyl (C=O) groups excluding carboxylic acids is 1. The van der Waals surface area contributed by atoms with Crippen molar-refractivity contribution in [3.05, 3.63) is 59.2 Å². The minimum atomic E-state index is -0.413. The Morgan fingerprint density at radius 3 is 2.48 bits per heavy atom. The monoisotopic (exact) mass is 290 g/mol. The van der Waals surface area contributed by atoms with E-state index in [1.165, 1.54) is 18.2 Å². The first-order valence-electron chi connectivity index (χ1n) is 6.52. The van der Waals surface area contributed by atoms with E-state index < -0.39 is 5.82 Å². The van der Waals surface area contributed by atoms with Crippen LogP contribution in [0.3, 0.4) is 0 Å². The Labute approximate surface area is 122 Å². The summed E-state index contributed by atoms with van der Waals surface area (Å²) in [6.45, 7) is 3.41. The van der Waals surface area contributed by atoms with Gasteiger partial charge in [0.1, 0.15) is 11.6 Å². The summed E-state index contributed by atoms with van der Waals surface area (Å²) >= 11 is 0. The Kier molecular flexibility index (Phi) is 4.52. The number of amides is 1. The van der Waals surface area contributed by atoms with E-state index in [0.717, 1.165) is 5.56 Å². The van der Waals surface area contributed by atoms with Crippen molar-refractivity contribution >= 4 is 17.3 Å². The van der Waals surface area contributed by atoms with E-state index >= 15 is 0 Å². The average molecular weight is 290 g/mol. The first kappa shape index (κ1) is 15.0. The van der Waals surface area contributed by atoms with Crippen molar-refractivity contribution in [3.8, 4) is 0 Å². The first-order chi connectivity index (χ1) is 9.95. The van der Waals surface area contributed by atoms with E-state index in [-0.39, 0.29) is 18.3 Å². The molecule has 0 saturated carbocycles. The van der Waals surface area contributed by atoms with Gasteiger partial charge in [0.05, 0.1) is 6.54 Å². The van der Waals surface area contributed by atoms with Gasteiger partial charge in [0.2, 0.25) is 5.91 Å². The quantitative estimate of drug-likeness (QED) is 0.902. The normalized spacial score (nSPS) is 10.3. The lowest BCUT2D eigenvalue weighted by atomic mass is 10.2. The molecular weight excluding hydrogens is 274 g/mol. The lowest BCUT2D eigenvalue weighted by molar-refractivity contribution is -0.114. The SMILES string of the molecule is Cc1ccc(NCC(=O)Nc2cc(F)ccc2C)cc1F. The van der Waals surface area contributed by atoms with Crippen molar-refractivity contribution in [2.75, 3.05) is 17.2 Å². The van der Waals surface area contributed by atoms with Gasteiger partial charge in [0.25, 0.3) is 0 Å². The molecule has 0 atom stereocenters. The third-order valence-corrected chi connectivity index (χ3v) is 3.10.